The number of aromatic nitrogens is 4. The third-order valence-electron chi connectivity index (χ3n) is 6.63. The maximum Gasteiger partial charge on any atom is 0.257 e. The van der Waals surface area contributed by atoms with Crippen molar-refractivity contribution < 1.29 is 23.2 Å². The minimum Gasteiger partial charge on any atom is -0.395 e. The number of rotatable bonds is 12. The molecule has 3 N–H and O–H groups in total. The van der Waals surface area contributed by atoms with E-state index in [2.05, 4.69) is 49.5 Å². The van der Waals surface area contributed by atoms with E-state index in [1.807, 2.05) is 0 Å². The molecule has 0 atom stereocenters. The van der Waals surface area contributed by atoms with E-state index in [4.69, 9.17) is 9.63 Å². The van der Waals surface area contributed by atoms with Gasteiger partial charge in [-0.25, -0.2) is 18.7 Å². The second-order valence-corrected chi connectivity index (χ2v) is 10.2. The second kappa shape index (κ2) is 13.4. The first-order valence-electron chi connectivity index (χ1n) is 13.4. The highest BCUT2D eigenvalue weighted by Crippen LogP contribution is 2.25. The Morgan fingerprint density at radius 3 is 2.49 bits per heavy atom. The van der Waals surface area contributed by atoms with E-state index < -0.39 is 23.1 Å². The number of aliphatic hydroxyl groups is 1. The molecule has 0 saturated carbocycles. The van der Waals surface area contributed by atoms with E-state index in [1.54, 1.807) is 12.4 Å². The molecule has 3 aromatic rings. The van der Waals surface area contributed by atoms with Gasteiger partial charge in [0.1, 0.15) is 17.2 Å². The normalized spacial score (nSPS) is 14.2. The molecule has 1 fully saturated rings. The highest BCUT2D eigenvalue weighted by Gasteiger charge is 2.22. The largest absolute Gasteiger partial charge is 0.395 e. The number of carbonyl (C=O) groups excluding carboxylic acids is 1. The molecule has 1 aliphatic heterocycles. The molecular formula is C27H35F2N7O3. The first-order chi connectivity index (χ1) is 18.8. The number of amides is 1. The van der Waals surface area contributed by atoms with Gasteiger partial charge in [-0.3, -0.25) is 4.79 Å². The molecule has 2 aromatic heterocycles. The van der Waals surface area contributed by atoms with Crippen LogP contribution in [0, 0.1) is 23.5 Å². The fourth-order valence-electron chi connectivity index (χ4n) is 4.60. The third kappa shape index (κ3) is 7.69. The smallest absolute Gasteiger partial charge is 0.257 e. The van der Waals surface area contributed by atoms with Gasteiger partial charge >= 0.3 is 0 Å². The van der Waals surface area contributed by atoms with E-state index >= 15 is 0 Å². The number of nitrogens with one attached hydrogen (secondary N) is 2. The summed E-state index contributed by atoms with van der Waals surface area (Å²) in [6.45, 7) is 6.09. The van der Waals surface area contributed by atoms with Crippen molar-refractivity contribution in [1.82, 2.24) is 25.4 Å². The number of aliphatic hydroxyl groups excluding tert-OH is 1. The zero-order chi connectivity index (χ0) is 27.8. The SMILES string of the molecule is CC(C)Cc1nc(-c2cnc(N3CCC(CCCNc4cc(F)c(C(=O)NCCO)c(F)c4)CC3)nc2)no1. The first-order valence-corrected chi connectivity index (χ1v) is 13.4. The zero-order valence-electron chi connectivity index (χ0n) is 22.3. The Kier molecular flexibility index (Phi) is 9.74. The van der Waals surface area contributed by atoms with Crippen LogP contribution in [0.1, 0.15) is 55.8 Å². The molecule has 10 nitrogen and oxygen atoms in total. The van der Waals surface area contributed by atoms with Gasteiger partial charge in [0.15, 0.2) is 0 Å². The first kappa shape index (κ1) is 28.3. The third-order valence-corrected chi connectivity index (χ3v) is 6.63. The Morgan fingerprint density at radius 2 is 1.85 bits per heavy atom. The molecule has 0 spiro atoms. The summed E-state index contributed by atoms with van der Waals surface area (Å²) in [4.78, 5) is 27.5. The van der Waals surface area contributed by atoms with Crippen molar-refractivity contribution in [2.24, 2.45) is 11.8 Å². The molecule has 1 aliphatic rings. The molecule has 210 valence electrons. The summed E-state index contributed by atoms with van der Waals surface area (Å²) in [6, 6.07) is 2.23. The van der Waals surface area contributed by atoms with Crippen LogP contribution in [0.15, 0.2) is 29.0 Å². The zero-order valence-corrected chi connectivity index (χ0v) is 22.3. The van der Waals surface area contributed by atoms with Gasteiger partial charge in [-0.1, -0.05) is 19.0 Å². The Morgan fingerprint density at radius 1 is 1.15 bits per heavy atom. The highest BCUT2D eigenvalue weighted by molar-refractivity contribution is 5.95. The van der Waals surface area contributed by atoms with E-state index in [0.29, 0.717) is 36.0 Å². The van der Waals surface area contributed by atoms with Crippen molar-refractivity contribution in [3.63, 3.8) is 0 Å². The van der Waals surface area contributed by atoms with Gasteiger partial charge in [-0.2, -0.15) is 4.98 Å². The van der Waals surface area contributed by atoms with Crippen molar-refractivity contribution >= 4 is 17.5 Å². The predicted octanol–water partition coefficient (Wildman–Crippen LogP) is 3.83. The van der Waals surface area contributed by atoms with Crippen LogP contribution in [0.2, 0.25) is 0 Å². The number of piperidine rings is 1. The number of benzene rings is 1. The molecule has 39 heavy (non-hydrogen) atoms. The summed E-state index contributed by atoms with van der Waals surface area (Å²) in [5.74, 6) is -0.00238. The Balaban J connectivity index is 1.19. The van der Waals surface area contributed by atoms with Crippen LogP contribution >= 0.6 is 0 Å². The maximum absolute atomic E-state index is 14.3. The van der Waals surface area contributed by atoms with Gasteiger partial charge in [0.25, 0.3) is 5.91 Å². The van der Waals surface area contributed by atoms with Gasteiger partial charge in [-0.15, -0.1) is 0 Å². The summed E-state index contributed by atoms with van der Waals surface area (Å²) < 4.78 is 33.9. The number of anilines is 2. The molecule has 1 aromatic carbocycles. The van der Waals surface area contributed by atoms with Crippen LogP contribution in [0.4, 0.5) is 20.4 Å². The van der Waals surface area contributed by atoms with Crippen molar-refractivity contribution in [1.29, 1.82) is 0 Å². The van der Waals surface area contributed by atoms with Gasteiger partial charge < -0.3 is 25.2 Å². The predicted molar refractivity (Wildman–Crippen MR) is 142 cm³/mol. The van der Waals surface area contributed by atoms with Crippen molar-refractivity contribution in [2.75, 3.05) is 43.0 Å². The lowest BCUT2D eigenvalue weighted by Gasteiger charge is -2.32. The number of carbonyl (C=O) groups is 1. The lowest BCUT2D eigenvalue weighted by molar-refractivity contribution is 0.0936. The average Bonchev–Trinajstić information content (AvgIpc) is 3.38. The van der Waals surface area contributed by atoms with Gasteiger partial charge in [0, 0.05) is 50.7 Å². The maximum atomic E-state index is 14.3. The van der Waals surface area contributed by atoms with Crippen LogP contribution in [-0.4, -0.2) is 63.9 Å². The molecule has 3 heterocycles. The minimum absolute atomic E-state index is 0.0726. The fraction of sp³-hybridized carbons (Fsp3) is 0.519. The topological polar surface area (TPSA) is 129 Å². The van der Waals surface area contributed by atoms with Crippen LogP contribution in [-0.2, 0) is 6.42 Å². The van der Waals surface area contributed by atoms with Crippen molar-refractivity contribution in [2.45, 2.75) is 46.0 Å². The summed E-state index contributed by atoms with van der Waals surface area (Å²) in [6.07, 6.45) is 8.04. The minimum atomic E-state index is -0.941. The molecular weight excluding hydrogens is 508 g/mol. The lowest BCUT2D eigenvalue weighted by Crippen LogP contribution is -2.34. The van der Waals surface area contributed by atoms with Crippen LogP contribution in [0.25, 0.3) is 11.4 Å². The Hall–Kier alpha value is -3.67. The van der Waals surface area contributed by atoms with Gasteiger partial charge in [0.2, 0.25) is 17.7 Å². The second-order valence-electron chi connectivity index (χ2n) is 10.2. The summed E-state index contributed by atoms with van der Waals surface area (Å²) in [5, 5.41) is 18.1. The molecule has 0 radical (unpaired) electrons. The van der Waals surface area contributed by atoms with Gasteiger partial charge in [-0.05, 0) is 49.7 Å². The number of halogens is 2. The number of hydrogen-bond donors (Lipinski definition) is 3. The van der Waals surface area contributed by atoms with Crippen molar-refractivity contribution in [3.8, 4) is 11.4 Å². The molecule has 12 heteroatoms. The van der Waals surface area contributed by atoms with Crippen LogP contribution in [0.5, 0.6) is 0 Å². The monoisotopic (exact) mass is 543 g/mol. The van der Waals surface area contributed by atoms with Crippen LogP contribution in [0.3, 0.4) is 0 Å². The van der Waals surface area contributed by atoms with E-state index in [-0.39, 0.29) is 18.8 Å². The number of hydrogen-bond acceptors (Lipinski definition) is 9. The molecule has 0 unspecified atom stereocenters. The summed E-state index contributed by atoms with van der Waals surface area (Å²) in [7, 11) is 0. The summed E-state index contributed by atoms with van der Waals surface area (Å²) >= 11 is 0. The number of nitrogens with zero attached hydrogens (tertiary/aromatic N) is 5. The quantitative estimate of drug-likeness (QED) is 0.292. The van der Waals surface area contributed by atoms with E-state index in [1.165, 1.54) is 0 Å². The Bertz CT molecular complexity index is 1210. The van der Waals surface area contributed by atoms with Crippen molar-refractivity contribution in [3.05, 3.63) is 47.6 Å². The summed E-state index contributed by atoms with van der Waals surface area (Å²) in [5.41, 5.74) is 0.361. The molecule has 4 rings (SSSR count). The lowest BCUT2D eigenvalue weighted by atomic mass is 9.92. The molecule has 0 bridgehead atoms. The standard InChI is InChI=1S/C27H35F2N7O3/c1-17(2)12-23-34-25(35-39-23)19-15-32-27(33-16-19)36-9-5-18(6-10-36)4-3-7-30-20-13-21(28)24(22(29)14-20)26(38)31-8-11-37/h13-18,30,37H,3-12H2,1-2H3,(H,31,38). The fourth-order valence-corrected chi connectivity index (χ4v) is 4.60. The average molecular weight is 544 g/mol. The Labute approximate surface area is 226 Å². The highest BCUT2D eigenvalue weighted by atomic mass is 19.1. The van der Waals surface area contributed by atoms with Gasteiger partial charge in [0.05, 0.1) is 12.2 Å². The van der Waals surface area contributed by atoms with E-state index in [9.17, 15) is 13.6 Å². The molecule has 1 amide bonds. The van der Waals surface area contributed by atoms with Crippen LogP contribution < -0.4 is 15.5 Å². The molecule has 1 saturated heterocycles. The van der Waals surface area contributed by atoms with E-state index in [0.717, 1.165) is 62.9 Å². The molecule has 0 aliphatic carbocycles.